The van der Waals surface area contributed by atoms with Crippen molar-refractivity contribution < 1.29 is 22.7 Å². The van der Waals surface area contributed by atoms with Crippen LogP contribution in [0.3, 0.4) is 0 Å². The average molecular weight is 623 g/mol. The highest BCUT2D eigenvalue weighted by atomic mass is 32.2. The van der Waals surface area contributed by atoms with E-state index in [4.69, 9.17) is 4.99 Å². The summed E-state index contributed by atoms with van der Waals surface area (Å²) in [5, 5.41) is 8.56. The van der Waals surface area contributed by atoms with Crippen LogP contribution in [0, 0.1) is 6.92 Å². The van der Waals surface area contributed by atoms with Gasteiger partial charge in [0.05, 0.1) is 23.8 Å². The normalized spacial score (nSPS) is 14.5. The maximum absolute atomic E-state index is 12.7. The van der Waals surface area contributed by atoms with Crippen molar-refractivity contribution >= 4 is 28.5 Å². The quantitative estimate of drug-likeness (QED) is 0.177. The summed E-state index contributed by atoms with van der Waals surface area (Å²) in [5.41, 5.74) is 5.80. The maximum atomic E-state index is 12.7. The molecule has 0 radical (unpaired) electrons. The van der Waals surface area contributed by atoms with Gasteiger partial charge in [-0.2, -0.15) is 0 Å². The number of benzene rings is 3. The van der Waals surface area contributed by atoms with Gasteiger partial charge in [-0.15, -0.1) is 18.3 Å². The fraction of sp³-hybridized carbons (Fsp3) is 0.312. The Hall–Kier alpha value is -4.16. The monoisotopic (exact) mass is 622 g/mol. The number of nitrogens with zero attached hydrogens (tertiary/aromatic N) is 5. The van der Waals surface area contributed by atoms with Crippen LogP contribution in [-0.2, 0) is 17.6 Å². The summed E-state index contributed by atoms with van der Waals surface area (Å²) in [5.74, 6) is 0.682. The molecule has 1 amide bonds. The molecule has 5 rings (SSSR count). The van der Waals surface area contributed by atoms with Crippen LogP contribution in [0.2, 0.25) is 0 Å². The van der Waals surface area contributed by atoms with E-state index in [1.807, 2.05) is 31.2 Å². The molecule has 0 unspecified atom stereocenters. The molecular weight excluding hydrogens is 589 g/mol. The minimum absolute atomic E-state index is 0.0655. The SMILES string of the molecule is CCCc1ccc(C)cc1N1C(=O)CSC1=NCNCCCc1ccc(-c2ncn(-c3ccc(OC(F)(F)F)cc3)n2)cc1. The number of amides is 1. The highest BCUT2D eigenvalue weighted by Crippen LogP contribution is 2.31. The molecule has 0 atom stereocenters. The number of hydrogen-bond donors (Lipinski definition) is 1. The molecule has 0 saturated carbocycles. The van der Waals surface area contributed by atoms with Crippen molar-refractivity contribution in [3.8, 4) is 22.8 Å². The van der Waals surface area contributed by atoms with Crippen LogP contribution < -0.4 is 15.0 Å². The summed E-state index contributed by atoms with van der Waals surface area (Å²) in [6.45, 7) is 5.39. The number of amidine groups is 1. The van der Waals surface area contributed by atoms with Gasteiger partial charge in [0.25, 0.3) is 0 Å². The largest absolute Gasteiger partial charge is 0.573 e. The lowest BCUT2D eigenvalue weighted by Crippen LogP contribution is -2.31. The lowest BCUT2D eigenvalue weighted by molar-refractivity contribution is -0.274. The molecular formula is C32H33F3N6O2S. The molecule has 4 aromatic rings. The summed E-state index contributed by atoms with van der Waals surface area (Å²) in [6.07, 6.45) is 0.494. The third kappa shape index (κ3) is 8.06. The van der Waals surface area contributed by atoms with Gasteiger partial charge in [-0.1, -0.05) is 61.5 Å². The van der Waals surface area contributed by atoms with E-state index in [0.29, 0.717) is 23.9 Å². The van der Waals surface area contributed by atoms with Crippen LogP contribution in [0.1, 0.15) is 36.5 Å². The molecule has 0 bridgehead atoms. The molecule has 2 heterocycles. The second kappa shape index (κ2) is 14.1. The van der Waals surface area contributed by atoms with E-state index >= 15 is 0 Å². The van der Waals surface area contributed by atoms with E-state index in [2.05, 4.69) is 45.3 Å². The van der Waals surface area contributed by atoms with Crippen molar-refractivity contribution in [3.05, 3.63) is 89.7 Å². The van der Waals surface area contributed by atoms with Gasteiger partial charge in [0.15, 0.2) is 11.0 Å². The third-order valence-electron chi connectivity index (χ3n) is 6.95. The van der Waals surface area contributed by atoms with Crippen molar-refractivity contribution in [1.29, 1.82) is 0 Å². The average Bonchev–Trinajstić information content (AvgIpc) is 3.63. The predicted molar refractivity (Wildman–Crippen MR) is 167 cm³/mol. The molecule has 1 fully saturated rings. The van der Waals surface area contributed by atoms with Crippen molar-refractivity contribution in [1.82, 2.24) is 20.1 Å². The molecule has 1 N–H and O–H groups in total. The maximum Gasteiger partial charge on any atom is 0.573 e. The Morgan fingerprint density at radius 2 is 1.82 bits per heavy atom. The van der Waals surface area contributed by atoms with E-state index in [-0.39, 0.29) is 11.7 Å². The van der Waals surface area contributed by atoms with Gasteiger partial charge in [0.1, 0.15) is 12.1 Å². The van der Waals surface area contributed by atoms with E-state index in [9.17, 15) is 18.0 Å². The van der Waals surface area contributed by atoms with Gasteiger partial charge in [0, 0.05) is 5.56 Å². The molecule has 230 valence electrons. The number of aryl methyl sites for hydroxylation is 3. The third-order valence-corrected chi connectivity index (χ3v) is 7.91. The molecule has 8 nitrogen and oxygen atoms in total. The van der Waals surface area contributed by atoms with Gasteiger partial charge >= 0.3 is 6.36 Å². The molecule has 3 aromatic carbocycles. The fourth-order valence-electron chi connectivity index (χ4n) is 4.84. The Balaban J connectivity index is 1.10. The number of halogens is 3. The molecule has 0 aliphatic carbocycles. The minimum Gasteiger partial charge on any atom is -0.406 e. The van der Waals surface area contributed by atoms with Crippen molar-refractivity contribution in [3.63, 3.8) is 0 Å². The number of anilines is 1. The van der Waals surface area contributed by atoms with Crippen molar-refractivity contribution in [2.24, 2.45) is 4.99 Å². The van der Waals surface area contributed by atoms with Gasteiger partial charge in [-0.25, -0.2) is 14.7 Å². The van der Waals surface area contributed by atoms with Crippen molar-refractivity contribution in [2.45, 2.75) is 45.9 Å². The first-order valence-corrected chi connectivity index (χ1v) is 15.4. The standard InChI is InChI=1S/C32H33F3N6O2S/c1-3-5-24-10-7-22(2)18-28(24)41-29(42)19-44-31(41)37-20-36-17-4-6-23-8-11-25(12-9-23)30-38-21-40(39-30)26-13-15-27(16-14-26)43-32(33,34)35/h7-16,18,21,36H,3-6,17,19-20H2,1-2H3. The first-order chi connectivity index (χ1) is 21.2. The van der Waals surface area contributed by atoms with Crippen LogP contribution in [-0.4, -0.2) is 51.2 Å². The second-order valence-electron chi connectivity index (χ2n) is 10.4. The van der Waals surface area contributed by atoms with Gasteiger partial charge < -0.3 is 4.74 Å². The predicted octanol–water partition coefficient (Wildman–Crippen LogP) is 6.71. The number of aromatic nitrogens is 3. The zero-order valence-corrected chi connectivity index (χ0v) is 25.3. The Morgan fingerprint density at radius 3 is 2.55 bits per heavy atom. The summed E-state index contributed by atoms with van der Waals surface area (Å²) in [6, 6.07) is 19.7. The summed E-state index contributed by atoms with van der Waals surface area (Å²) in [7, 11) is 0. The van der Waals surface area contributed by atoms with Crippen LogP contribution in [0.5, 0.6) is 5.75 Å². The molecule has 1 saturated heterocycles. The zero-order chi connectivity index (χ0) is 31.1. The van der Waals surface area contributed by atoms with E-state index < -0.39 is 6.36 Å². The zero-order valence-electron chi connectivity index (χ0n) is 24.5. The van der Waals surface area contributed by atoms with Crippen LogP contribution in [0.15, 0.2) is 78.0 Å². The molecule has 1 aliphatic heterocycles. The minimum atomic E-state index is -4.74. The highest BCUT2D eigenvalue weighted by Gasteiger charge is 2.31. The molecule has 1 aliphatic rings. The number of thioether (sulfide) groups is 1. The number of ether oxygens (including phenoxy) is 1. The fourth-order valence-corrected chi connectivity index (χ4v) is 5.71. The molecule has 1 aromatic heterocycles. The van der Waals surface area contributed by atoms with Gasteiger partial charge in [0.2, 0.25) is 5.91 Å². The topological polar surface area (TPSA) is 84.6 Å². The van der Waals surface area contributed by atoms with Crippen LogP contribution in [0.25, 0.3) is 17.1 Å². The summed E-state index contributed by atoms with van der Waals surface area (Å²) in [4.78, 5) is 23.5. The lowest BCUT2D eigenvalue weighted by Gasteiger charge is -2.20. The van der Waals surface area contributed by atoms with Gasteiger partial charge in [-0.05, 0) is 79.8 Å². The molecule has 12 heteroatoms. The Kier molecular flexibility index (Phi) is 10.0. The summed E-state index contributed by atoms with van der Waals surface area (Å²) >= 11 is 1.48. The van der Waals surface area contributed by atoms with Crippen LogP contribution in [0.4, 0.5) is 18.9 Å². The number of hydrogen-bond acceptors (Lipinski definition) is 7. The molecule has 0 spiro atoms. The summed E-state index contributed by atoms with van der Waals surface area (Å²) < 4.78 is 42.6. The number of alkyl halides is 3. The van der Waals surface area contributed by atoms with E-state index in [1.165, 1.54) is 52.6 Å². The smallest absolute Gasteiger partial charge is 0.406 e. The first-order valence-electron chi connectivity index (χ1n) is 14.4. The number of carbonyl (C=O) groups is 1. The first kappa shape index (κ1) is 31.3. The van der Waals surface area contributed by atoms with Crippen molar-refractivity contribution in [2.75, 3.05) is 23.9 Å². The van der Waals surface area contributed by atoms with E-state index in [0.717, 1.165) is 59.8 Å². The van der Waals surface area contributed by atoms with Gasteiger partial charge in [-0.3, -0.25) is 15.0 Å². The molecule has 44 heavy (non-hydrogen) atoms. The Bertz CT molecular complexity index is 1600. The lowest BCUT2D eigenvalue weighted by atomic mass is 10.0. The number of carbonyl (C=O) groups excluding carboxylic acids is 1. The Labute approximate surface area is 258 Å². The number of rotatable bonds is 12. The van der Waals surface area contributed by atoms with E-state index in [1.54, 1.807) is 4.90 Å². The Morgan fingerprint density at radius 1 is 1.05 bits per heavy atom. The number of aliphatic imine (C=N–C) groups is 1. The second-order valence-corrected chi connectivity index (χ2v) is 11.3. The highest BCUT2D eigenvalue weighted by molar-refractivity contribution is 8.15. The van der Waals surface area contributed by atoms with Crippen LogP contribution >= 0.6 is 11.8 Å². The number of nitrogens with one attached hydrogen (secondary N) is 1.